The summed E-state index contributed by atoms with van der Waals surface area (Å²) < 4.78 is 31.5. The molecule has 3 rings (SSSR count). The predicted molar refractivity (Wildman–Crippen MR) is 101 cm³/mol. The van der Waals surface area contributed by atoms with Gasteiger partial charge in [0.15, 0.2) is 15.3 Å². The lowest BCUT2D eigenvalue weighted by Crippen LogP contribution is -2.25. The smallest absolute Gasteiger partial charge is 0.328 e. The fourth-order valence-corrected chi connectivity index (χ4v) is 5.93. The zero-order valence-corrected chi connectivity index (χ0v) is 16.6. The van der Waals surface area contributed by atoms with Crippen molar-refractivity contribution in [1.82, 2.24) is 0 Å². The van der Waals surface area contributed by atoms with Crippen LogP contribution < -0.4 is 0 Å². The minimum absolute atomic E-state index is 0.00893. The predicted octanol–water partition coefficient (Wildman–Crippen LogP) is 4.01. The van der Waals surface area contributed by atoms with Crippen molar-refractivity contribution < 1.29 is 17.9 Å². The van der Waals surface area contributed by atoms with E-state index >= 15 is 0 Å². The summed E-state index contributed by atoms with van der Waals surface area (Å²) in [6.45, 7) is 1.64. The van der Waals surface area contributed by atoms with Gasteiger partial charge in [-0.25, -0.2) is 8.42 Å². The number of nitriles is 1. The first kappa shape index (κ1) is 19.7. The summed E-state index contributed by atoms with van der Waals surface area (Å²) in [5.41, 5.74) is -1.32. The van der Waals surface area contributed by atoms with Crippen LogP contribution in [0.1, 0.15) is 18.4 Å². The average Bonchev–Trinajstić information content (AvgIpc) is 3.34. The topological polar surface area (TPSA) is 84.2 Å². The Morgan fingerprint density at radius 3 is 2.41 bits per heavy atom. The van der Waals surface area contributed by atoms with Crippen molar-refractivity contribution in [3.63, 3.8) is 0 Å². The van der Waals surface area contributed by atoms with Gasteiger partial charge in [-0.3, -0.25) is 4.79 Å². The Balaban J connectivity index is 2.14. The third-order valence-electron chi connectivity index (χ3n) is 4.62. The molecule has 0 spiro atoms. The zero-order chi connectivity index (χ0) is 19.8. The fraction of sp³-hybridized carbons (Fsp3) is 0.263. The van der Waals surface area contributed by atoms with Crippen LogP contribution in [-0.4, -0.2) is 26.2 Å². The van der Waals surface area contributed by atoms with Crippen LogP contribution in [0.5, 0.6) is 0 Å². The van der Waals surface area contributed by atoms with Crippen LogP contribution in [0.4, 0.5) is 0 Å². The molecule has 0 unspecified atom stereocenters. The van der Waals surface area contributed by atoms with Crippen LogP contribution >= 0.6 is 23.2 Å². The molecule has 0 N–H and O–H groups in total. The lowest BCUT2D eigenvalue weighted by atomic mass is 10.0. The largest absolute Gasteiger partial charge is 0.465 e. The van der Waals surface area contributed by atoms with Gasteiger partial charge in [-0.15, -0.1) is 0 Å². The molecule has 5 nitrogen and oxygen atoms in total. The number of hydrogen-bond donors (Lipinski definition) is 0. The second-order valence-corrected chi connectivity index (χ2v) is 9.10. The molecular formula is C19H15Cl2NO4S. The third-order valence-corrected chi connectivity index (χ3v) is 7.34. The lowest BCUT2D eigenvalue weighted by Gasteiger charge is -2.09. The Hall–Kier alpha value is -2.07. The van der Waals surface area contributed by atoms with Crippen LogP contribution in [0, 0.1) is 16.7 Å². The number of nitrogens with zero attached hydrogens (tertiary/aromatic N) is 1. The molecule has 0 aromatic heterocycles. The van der Waals surface area contributed by atoms with Crippen LogP contribution in [0.3, 0.4) is 0 Å². The lowest BCUT2D eigenvalue weighted by molar-refractivity contribution is -0.147. The van der Waals surface area contributed by atoms with Crippen LogP contribution in [0.15, 0.2) is 53.4 Å². The SMILES string of the molecule is CCOC(=O)[C@]1(C#N)[C@@H](c2cccc(Cl)c2)[C@@H]1S(=O)(=O)c1ccc(Cl)cc1. The summed E-state index contributed by atoms with van der Waals surface area (Å²) >= 11 is 11.9. The normalized spacial score (nSPS) is 24.1. The molecule has 1 saturated carbocycles. The number of esters is 1. The molecule has 0 aliphatic heterocycles. The fourth-order valence-electron chi connectivity index (χ4n) is 3.36. The minimum atomic E-state index is -4.00. The highest BCUT2D eigenvalue weighted by Crippen LogP contribution is 2.64. The van der Waals surface area contributed by atoms with Crippen LogP contribution in [0.25, 0.3) is 0 Å². The van der Waals surface area contributed by atoms with Gasteiger partial charge < -0.3 is 4.74 Å². The van der Waals surface area contributed by atoms with Gasteiger partial charge in [0.1, 0.15) is 5.25 Å². The molecule has 1 aliphatic rings. The van der Waals surface area contributed by atoms with Gasteiger partial charge >= 0.3 is 5.97 Å². The van der Waals surface area contributed by atoms with E-state index in [2.05, 4.69) is 0 Å². The Morgan fingerprint density at radius 1 is 1.19 bits per heavy atom. The number of sulfone groups is 1. The zero-order valence-electron chi connectivity index (χ0n) is 14.2. The van der Waals surface area contributed by atoms with Crippen molar-refractivity contribution in [3.05, 3.63) is 64.1 Å². The monoisotopic (exact) mass is 423 g/mol. The summed E-state index contributed by atoms with van der Waals surface area (Å²) in [5.74, 6) is -1.72. The van der Waals surface area contributed by atoms with Gasteiger partial charge in [0.05, 0.1) is 17.6 Å². The third kappa shape index (κ3) is 3.20. The Bertz CT molecular complexity index is 1030. The van der Waals surface area contributed by atoms with Crippen molar-refractivity contribution in [2.75, 3.05) is 6.61 Å². The van der Waals surface area contributed by atoms with Crippen LogP contribution in [-0.2, 0) is 19.4 Å². The molecule has 0 radical (unpaired) electrons. The van der Waals surface area contributed by atoms with Crippen molar-refractivity contribution in [2.24, 2.45) is 5.41 Å². The first-order valence-electron chi connectivity index (χ1n) is 8.12. The Labute approximate surface area is 167 Å². The maximum Gasteiger partial charge on any atom is 0.328 e. The number of carbonyl (C=O) groups is 1. The van der Waals surface area contributed by atoms with Gasteiger partial charge in [-0.2, -0.15) is 5.26 Å². The van der Waals surface area contributed by atoms with Gasteiger partial charge in [-0.05, 0) is 48.9 Å². The van der Waals surface area contributed by atoms with E-state index in [0.29, 0.717) is 15.6 Å². The van der Waals surface area contributed by atoms with Crippen molar-refractivity contribution in [1.29, 1.82) is 5.26 Å². The molecule has 8 heteroatoms. The maximum absolute atomic E-state index is 13.2. The molecule has 2 aromatic rings. The maximum atomic E-state index is 13.2. The van der Waals surface area contributed by atoms with Crippen molar-refractivity contribution in [2.45, 2.75) is 23.0 Å². The van der Waals surface area contributed by atoms with Gasteiger partial charge in [-0.1, -0.05) is 35.3 Å². The molecule has 0 amide bonds. The quantitative estimate of drug-likeness (QED) is 0.678. The molecule has 27 heavy (non-hydrogen) atoms. The van der Waals surface area contributed by atoms with Gasteiger partial charge in [0.2, 0.25) is 0 Å². The Kier molecular flexibility index (Phi) is 5.22. The van der Waals surface area contributed by atoms with E-state index in [-0.39, 0.29) is 11.5 Å². The van der Waals surface area contributed by atoms with E-state index in [4.69, 9.17) is 27.9 Å². The number of benzene rings is 2. The number of halogens is 2. The first-order chi connectivity index (χ1) is 12.8. The summed E-state index contributed by atoms with van der Waals surface area (Å²) in [4.78, 5) is 12.6. The van der Waals surface area contributed by atoms with E-state index < -0.39 is 32.4 Å². The number of rotatable bonds is 5. The summed E-state index contributed by atoms with van der Waals surface area (Å²) in [6, 6.07) is 14.0. The molecule has 0 saturated heterocycles. The van der Waals surface area contributed by atoms with E-state index in [0.717, 1.165) is 0 Å². The van der Waals surface area contributed by atoms with E-state index in [1.807, 2.05) is 6.07 Å². The van der Waals surface area contributed by atoms with Crippen molar-refractivity contribution in [3.8, 4) is 6.07 Å². The van der Waals surface area contributed by atoms with E-state index in [9.17, 15) is 18.5 Å². The second-order valence-electron chi connectivity index (χ2n) is 6.15. The summed E-state index contributed by atoms with van der Waals surface area (Å²) in [6.07, 6.45) is 0. The molecule has 3 atom stereocenters. The Morgan fingerprint density at radius 2 is 1.85 bits per heavy atom. The first-order valence-corrected chi connectivity index (χ1v) is 10.4. The van der Waals surface area contributed by atoms with E-state index in [1.54, 1.807) is 31.2 Å². The van der Waals surface area contributed by atoms with Gasteiger partial charge in [0, 0.05) is 16.0 Å². The molecule has 140 valence electrons. The highest BCUT2D eigenvalue weighted by molar-refractivity contribution is 7.92. The van der Waals surface area contributed by atoms with Crippen molar-refractivity contribution >= 4 is 39.0 Å². The molecule has 0 bridgehead atoms. The summed E-state index contributed by atoms with van der Waals surface area (Å²) in [5, 5.41) is 9.31. The highest BCUT2D eigenvalue weighted by Gasteiger charge is 2.77. The number of carbonyl (C=O) groups excluding carboxylic acids is 1. The molecule has 2 aromatic carbocycles. The molecule has 1 aliphatic carbocycles. The highest BCUT2D eigenvalue weighted by atomic mass is 35.5. The molecule has 1 fully saturated rings. The molecular weight excluding hydrogens is 409 g/mol. The minimum Gasteiger partial charge on any atom is -0.465 e. The number of ether oxygens (including phenoxy) is 1. The average molecular weight is 424 g/mol. The standard InChI is InChI=1S/C19H15Cl2NO4S/c1-2-26-18(23)19(11-22)16(12-4-3-5-14(21)10-12)17(19)27(24,25)15-8-6-13(20)7-9-15/h3-10,16-17H,2H2,1H3/t16-,17-,19+/m0/s1. The summed E-state index contributed by atoms with van der Waals surface area (Å²) in [7, 11) is -4.00. The van der Waals surface area contributed by atoms with Gasteiger partial charge in [0.25, 0.3) is 0 Å². The second kappa shape index (κ2) is 7.16. The number of hydrogen-bond acceptors (Lipinski definition) is 5. The molecule has 0 heterocycles. The van der Waals surface area contributed by atoms with E-state index in [1.165, 1.54) is 24.3 Å². The van der Waals surface area contributed by atoms with Crippen LogP contribution in [0.2, 0.25) is 10.0 Å².